The molecule has 1 aliphatic rings. The van der Waals surface area contributed by atoms with E-state index < -0.39 is 38.1 Å². The maximum absolute atomic E-state index is 13.1. The monoisotopic (exact) mass is 526 g/mol. The molecule has 1 aliphatic carbocycles. The van der Waals surface area contributed by atoms with E-state index in [0.717, 1.165) is 5.56 Å². The number of carbonyl (C=O) groups excluding carboxylic acids is 2. The van der Waals surface area contributed by atoms with Crippen LogP contribution in [0.25, 0.3) is 0 Å². The summed E-state index contributed by atoms with van der Waals surface area (Å²) in [6, 6.07) is 18.5. The van der Waals surface area contributed by atoms with E-state index in [1.165, 1.54) is 7.11 Å². The summed E-state index contributed by atoms with van der Waals surface area (Å²) >= 11 is 0. The van der Waals surface area contributed by atoms with Crippen LogP contribution < -0.4 is 0 Å². The van der Waals surface area contributed by atoms with Crippen molar-refractivity contribution in [3.05, 3.63) is 83.9 Å². The summed E-state index contributed by atoms with van der Waals surface area (Å²) in [6.07, 6.45) is 2.00. The van der Waals surface area contributed by atoms with Gasteiger partial charge in [-0.25, -0.2) is 9.59 Å². The summed E-state index contributed by atoms with van der Waals surface area (Å²) in [6.45, 7) is 10.8. The highest BCUT2D eigenvalue weighted by Crippen LogP contribution is 2.42. The molecule has 2 aromatic carbocycles. The van der Waals surface area contributed by atoms with Crippen LogP contribution in [0.15, 0.2) is 72.8 Å². The number of hydrogen-bond donors (Lipinski definition) is 0. The van der Waals surface area contributed by atoms with Crippen molar-refractivity contribution in [1.29, 1.82) is 0 Å². The molecule has 0 saturated heterocycles. The van der Waals surface area contributed by atoms with Crippen LogP contribution in [0.1, 0.15) is 43.1 Å². The second-order valence-corrected chi connectivity index (χ2v) is 15.4. The quantitative estimate of drug-likeness (QED) is 0.130. The lowest BCUT2D eigenvalue weighted by molar-refractivity contribution is -0.169. The van der Waals surface area contributed by atoms with Crippen molar-refractivity contribution in [1.82, 2.24) is 0 Å². The largest absolute Gasteiger partial charge is 0.467 e. The predicted octanol–water partition coefficient (Wildman–Crippen LogP) is 5.67. The molecule has 2 aromatic rings. The van der Waals surface area contributed by atoms with Gasteiger partial charge in [0.1, 0.15) is 19.0 Å². The highest BCUT2D eigenvalue weighted by Gasteiger charge is 2.52. The van der Waals surface area contributed by atoms with Crippen molar-refractivity contribution in [2.45, 2.75) is 69.7 Å². The normalized spacial score (nSPS) is 21.9. The average molecular weight is 527 g/mol. The fraction of sp³-hybridized carbons (Fsp3) is 0.448. The zero-order valence-electron chi connectivity index (χ0n) is 22.6. The third-order valence-corrected chi connectivity index (χ3v) is 11.4. The predicted molar refractivity (Wildman–Crippen MR) is 143 cm³/mol. The molecule has 0 aromatic heterocycles. The average Bonchev–Trinajstić information content (AvgIpc) is 2.87. The summed E-state index contributed by atoms with van der Waals surface area (Å²) in [5, 5.41) is -0.145. The molecular weight excluding hydrogens is 488 g/mol. The highest BCUT2D eigenvalue weighted by atomic mass is 28.4. The zero-order chi connectivity index (χ0) is 27.1. The number of carbonyl (C=O) groups is 2. The Hall–Kier alpha value is -2.78. The lowest BCUT2D eigenvalue weighted by Gasteiger charge is -2.45. The van der Waals surface area contributed by atoms with E-state index in [9.17, 15) is 9.59 Å². The van der Waals surface area contributed by atoms with Crippen molar-refractivity contribution < 1.29 is 33.0 Å². The number of rotatable bonds is 10. The second-order valence-electron chi connectivity index (χ2n) is 10.7. The van der Waals surface area contributed by atoms with E-state index >= 15 is 0 Å². The van der Waals surface area contributed by atoms with Gasteiger partial charge in [0.15, 0.2) is 13.9 Å². The van der Waals surface area contributed by atoms with E-state index in [0.29, 0.717) is 12.2 Å². The first kappa shape index (κ1) is 28.8. The minimum absolute atomic E-state index is 0.0515. The first-order chi connectivity index (χ1) is 17.5. The molecule has 0 fully saturated rings. The second kappa shape index (κ2) is 12.2. The van der Waals surface area contributed by atoms with Gasteiger partial charge in [-0.05, 0) is 48.0 Å². The Balaban J connectivity index is 1.83. The van der Waals surface area contributed by atoms with Crippen LogP contribution in [0.3, 0.4) is 0 Å². The Labute approximate surface area is 220 Å². The maximum atomic E-state index is 13.1. The summed E-state index contributed by atoms with van der Waals surface area (Å²) in [5.74, 6) is -0.995. The van der Waals surface area contributed by atoms with Crippen molar-refractivity contribution in [2.24, 2.45) is 0 Å². The molecule has 0 amide bonds. The van der Waals surface area contributed by atoms with Crippen LogP contribution in [0.4, 0.5) is 0 Å². The molecule has 0 N–H and O–H groups in total. The molecule has 0 unspecified atom stereocenters. The molecule has 0 bridgehead atoms. The van der Waals surface area contributed by atoms with Crippen molar-refractivity contribution in [3.63, 3.8) is 0 Å². The van der Waals surface area contributed by atoms with Gasteiger partial charge in [-0.3, -0.25) is 0 Å². The van der Waals surface area contributed by atoms with Gasteiger partial charge >= 0.3 is 11.9 Å². The van der Waals surface area contributed by atoms with Crippen molar-refractivity contribution >= 4 is 20.3 Å². The van der Waals surface area contributed by atoms with Crippen molar-refractivity contribution in [3.8, 4) is 0 Å². The Bertz CT molecular complexity index is 1060. The Morgan fingerprint density at radius 1 is 1.00 bits per heavy atom. The SMILES string of the molecule is COC(=O)[C@]1(O[Si](C)(C)C(C)(C)C)C=C[C@@H](OC(=O)c2ccccc2)[C@H](OCOCc2ccccc2)C1. The number of methoxy groups -OCH3 is 1. The van der Waals surface area contributed by atoms with Crippen LogP contribution in [0, 0.1) is 0 Å². The standard InChI is InChI=1S/C29H38O7Si/c1-28(2,3)37(5,6)36-29(27(31)32-4)18-17-24(35-26(30)23-15-11-8-12-16-23)25(19-29)34-21-33-20-22-13-9-7-10-14-22/h7-18,24-25H,19-21H2,1-6H3/t24-,25-,29+/m1/s1. The minimum Gasteiger partial charge on any atom is -0.467 e. The van der Waals surface area contributed by atoms with Gasteiger partial charge in [-0.1, -0.05) is 69.3 Å². The molecule has 200 valence electrons. The lowest BCUT2D eigenvalue weighted by atomic mass is 9.87. The van der Waals surface area contributed by atoms with Gasteiger partial charge in [0.05, 0.1) is 19.3 Å². The summed E-state index contributed by atoms with van der Waals surface area (Å²) < 4.78 is 29.4. The van der Waals surface area contributed by atoms with E-state index in [4.69, 9.17) is 23.4 Å². The Kier molecular flexibility index (Phi) is 9.47. The third-order valence-electron chi connectivity index (χ3n) is 6.93. The smallest absolute Gasteiger partial charge is 0.341 e. The zero-order valence-corrected chi connectivity index (χ0v) is 23.6. The van der Waals surface area contributed by atoms with E-state index in [1.807, 2.05) is 36.4 Å². The van der Waals surface area contributed by atoms with Crippen molar-refractivity contribution in [2.75, 3.05) is 13.9 Å². The van der Waals surface area contributed by atoms with Gasteiger partial charge < -0.3 is 23.4 Å². The van der Waals surface area contributed by atoms with Gasteiger partial charge in [0.2, 0.25) is 0 Å². The molecule has 3 atom stereocenters. The molecule has 37 heavy (non-hydrogen) atoms. The van der Waals surface area contributed by atoms with Gasteiger partial charge in [0.25, 0.3) is 0 Å². The molecule has 0 saturated carbocycles. The molecule has 8 heteroatoms. The Morgan fingerprint density at radius 3 is 2.22 bits per heavy atom. The van der Waals surface area contributed by atoms with E-state index in [1.54, 1.807) is 36.4 Å². The van der Waals surface area contributed by atoms with Crippen LogP contribution in [-0.4, -0.2) is 52.0 Å². The van der Waals surface area contributed by atoms with Crippen LogP contribution in [0.5, 0.6) is 0 Å². The molecule has 0 spiro atoms. The molecule has 0 aliphatic heterocycles. The number of ether oxygens (including phenoxy) is 4. The lowest BCUT2D eigenvalue weighted by Crippen LogP contribution is -2.57. The highest BCUT2D eigenvalue weighted by molar-refractivity contribution is 6.74. The molecule has 3 rings (SSSR count). The third kappa shape index (κ3) is 7.38. The topological polar surface area (TPSA) is 80.3 Å². The molecular formula is C29H38O7Si. The molecule has 7 nitrogen and oxygen atoms in total. The van der Waals surface area contributed by atoms with Gasteiger partial charge in [0, 0.05) is 6.42 Å². The Morgan fingerprint density at radius 2 is 1.62 bits per heavy atom. The van der Waals surface area contributed by atoms with E-state index in [-0.39, 0.29) is 18.3 Å². The number of esters is 2. The fourth-order valence-corrected chi connectivity index (χ4v) is 5.26. The van der Waals surface area contributed by atoms with Crippen LogP contribution >= 0.6 is 0 Å². The first-order valence-electron chi connectivity index (χ1n) is 12.4. The van der Waals surface area contributed by atoms with Gasteiger partial charge in [-0.15, -0.1) is 0 Å². The fourth-order valence-electron chi connectivity index (χ4n) is 3.81. The summed E-state index contributed by atoms with van der Waals surface area (Å²) in [7, 11) is -1.07. The first-order valence-corrected chi connectivity index (χ1v) is 15.4. The minimum atomic E-state index is -2.41. The molecule has 0 heterocycles. The summed E-state index contributed by atoms with van der Waals surface area (Å²) in [4.78, 5) is 26.0. The van der Waals surface area contributed by atoms with E-state index in [2.05, 4.69) is 33.9 Å². The van der Waals surface area contributed by atoms with Crippen LogP contribution in [-0.2, 0) is 34.8 Å². The number of benzene rings is 2. The number of hydrogen-bond acceptors (Lipinski definition) is 7. The van der Waals surface area contributed by atoms with Crippen LogP contribution in [0.2, 0.25) is 18.1 Å². The molecule has 0 radical (unpaired) electrons. The van der Waals surface area contributed by atoms with Gasteiger partial charge in [-0.2, -0.15) is 0 Å². The maximum Gasteiger partial charge on any atom is 0.341 e. The summed E-state index contributed by atoms with van der Waals surface area (Å²) in [5.41, 5.74) is 0.0708.